The first-order chi connectivity index (χ1) is 17.6. The summed E-state index contributed by atoms with van der Waals surface area (Å²) in [6.45, 7) is 1.24. The van der Waals surface area contributed by atoms with Gasteiger partial charge in [0.05, 0.1) is 10.5 Å². The van der Waals surface area contributed by atoms with Crippen LogP contribution in [0.1, 0.15) is 35.1 Å². The molecule has 0 unspecified atom stereocenters. The minimum absolute atomic E-state index is 0.00922. The quantitative estimate of drug-likeness (QED) is 0.214. The van der Waals surface area contributed by atoms with Crippen LogP contribution < -0.4 is 10.5 Å². The number of nitrogens with one attached hydrogen (secondary N) is 2. The average molecular weight is 570 g/mol. The van der Waals surface area contributed by atoms with Gasteiger partial charge >= 0.3 is 6.18 Å². The largest absolute Gasteiger partial charge is 0.416 e. The van der Waals surface area contributed by atoms with Gasteiger partial charge in [0.25, 0.3) is 11.1 Å². The Balaban J connectivity index is 1.49. The maximum atomic E-state index is 13.4. The van der Waals surface area contributed by atoms with E-state index in [1.807, 2.05) is 4.31 Å². The summed E-state index contributed by atoms with van der Waals surface area (Å²) in [7, 11) is 0. The number of benzene rings is 2. The van der Waals surface area contributed by atoms with E-state index in [2.05, 4.69) is 5.32 Å². The van der Waals surface area contributed by atoms with Crippen molar-refractivity contribution in [3.8, 4) is 0 Å². The van der Waals surface area contributed by atoms with Crippen LogP contribution in [0.2, 0.25) is 5.02 Å². The van der Waals surface area contributed by atoms with Crippen molar-refractivity contribution in [2.75, 3.05) is 18.4 Å². The molecule has 0 spiro atoms. The van der Waals surface area contributed by atoms with Gasteiger partial charge in [-0.25, -0.2) is 4.31 Å². The Morgan fingerprint density at radius 2 is 1.92 bits per heavy atom. The summed E-state index contributed by atoms with van der Waals surface area (Å²) in [5, 5.41) is 16.0. The molecule has 0 radical (unpaired) electrons. The lowest BCUT2D eigenvalue weighted by atomic mass is 10.0. The molecule has 2 aliphatic rings. The van der Waals surface area contributed by atoms with Crippen LogP contribution in [0.25, 0.3) is 6.08 Å². The van der Waals surface area contributed by atoms with Crippen LogP contribution in [-0.4, -0.2) is 45.7 Å². The van der Waals surface area contributed by atoms with E-state index >= 15 is 0 Å². The van der Waals surface area contributed by atoms with E-state index in [9.17, 15) is 22.8 Å². The zero-order valence-corrected chi connectivity index (χ0v) is 21.7. The number of alkyl halides is 3. The van der Waals surface area contributed by atoms with Crippen LogP contribution in [0.4, 0.5) is 23.7 Å². The van der Waals surface area contributed by atoms with Crippen LogP contribution in [0.15, 0.2) is 41.3 Å². The number of carbonyl (C=O) groups is 2. The van der Waals surface area contributed by atoms with Crippen molar-refractivity contribution in [3.63, 3.8) is 0 Å². The molecule has 2 amide bonds. The van der Waals surface area contributed by atoms with E-state index in [-0.39, 0.29) is 39.2 Å². The second kappa shape index (κ2) is 11.5. The van der Waals surface area contributed by atoms with Gasteiger partial charge < -0.3 is 10.7 Å². The summed E-state index contributed by atoms with van der Waals surface area (Å²) in [5.74, 6) is -0.352. The van der Waals surface area contributed by atoms with Crippen molar-refractivity contribution < 1.29 is 22.8 Å². The van der Waals surface area contributed by atoms with Crippen molar-refractivity contribution in [1.82, 2.24) is 9.21 Å². The molecule has 2 heterocycles. The van der Waals surface area contributed by atoms with Gasteiger partial charge in [-0.2, -0.15) is 13.2 Å². The Labute approximate surface area is 225 Å². The maximum absolute atomic E-state index is 13.4. The van der Waals surface area contributed by atoms with Gasteiger partial charge in [0.15, 0.2) is 0 Å². The molecule has 4 rings (SSSR count). The lowest BCUT2D eigenvalue weighted by molar-refractivity contribution is -0.138. The van der Waals surface area contributed by atoms with Crippen LogP contribution >= 0.6 is 35.5 Å². The zero-order valence-electron chi connectivity index (χ0n) is 19.3. The summed E-state index contributed by atoms with van der Waals surface area (Å²) >= 11 is 7.77. The first kappa shape index (κ1) is 27.5. The van der Waals surface area contributed by atoms with Crippen LogP contribution in [0, 0.1) is 5.41 Å². The van der Waals surface area contributed by atoms with E-state index in [0.29, 0.717) is 42.7 Å². The fraction of sp³-hybridized carbons (Fsp3) is 0.292. The predicted molar refractivity (Wildman–Crippen MR) is 142 cm³/mol. The van der Waals surface area contributed by atoms with E-state index in [4.69, 9.17) is 22.1 Å². The predicted octanol–water partition coefficient (Wildman–Crippen LogP) is 5.99. The van der Waals surface area contributed by atoms with Crippen LogP contribution in [0.5, 0.6) is 0 Å². The molecule has 2 aliphatic heterocycles. The average Bonchev–Trinajstić information content (AvgIpc) is 3.15. The van der Waals surface area contributed by atoms with Gasteiger partial charge in [0, 0.05) is 60.3 Å². The van der Waals surface area contributed by atoms with Gasteiger partial charge in [0.2, 0.25) is 0 Å². The van der Waals surface area contributed by atoms with E-state index in [1.165, 1.54) is 17.0 Å². The Hall–Kier alpha value is -2.51. The second-order valence-electron chi connectivity index (χ2n) is 8.46. The molecule has 0 atom stereocenters. The smallest absolute Gasteiger partial charge is 0.380 e. The highest BCUT2D eigenvalue weighted by molar-refractivity contribution is 8.18. The molecule has 196 valence electrons. The minimum atomic E-state index is -4.56. The first-order valence-electron chi connectivity index (χ1n) is 11.2. The SMILES string of the molecule is N=Cc1cc(/C=C2\SC(=O)N(C3CCN(SN)CC3)C2=O)ccc1NCc1ccc(Cl)cc1C(F)(F)F. The number of halogens is 4. The lowest BCUT2D eigenvalue weighted by Gasteiger charge is -2.33. The topological polar surface area (TPSA) is 103 Å². The molecule has 4 N–H and O–H groups in total. The molecule has 0 aromatic heterocycles. The third-order valence-corrected chi connectivity index (χ3v) is 7.92. The number of hydrogen-bond donors (Lipinski definition) is 3. The molecule has 0 bridgehead atoms. The Kier molecular flexibility index (Phi) is 8.54. The minimum Gasteiger partial charge on any atom is -0.380 e. The molecular formula is C24H23ClF3N5O2S2. The first-order valence-corrected chi connectivity index (χ1v) is 13.3. The van der Waals surface area contributed by atoms with E-state index < -0.39 is 11.7 Å². The summed E-state index contributed by atoms with van der Waals surface area (Å²) in [4.78, 5) is 27.2. The van der Waals surface area contributed by atoms with Crippen molar-refractivity contribution in [1.29, 1.82) is 5.41 Å². The molecular weight excluding hydrogens is 547 g/mol. The van der Waals surface area contributed by atoms with Gasteiger partial charge in [-0.05, 0) is 66.1 Å². The maximum Gasteiger partial charge on any atom is 0.416 e. The number of imide groups is 1. The Bertz CT molecular complexity index is 1250. The van der Waals surface area contributed by atoms with Crippen LogP contribution in [0.3, 0.4) is 0 Å². The third-order valence-electron chi connectivity index (χ3n) is 6.14. The normalized spacial score (nSPS) is 18.6. The standard InChI is InChI=1S/C24H23ClF3N5O2S2/c25-17-3-2-15(19(11-17)24(26,27)28)13-31-20-4-1-14(9-16(20)12-29)10-21-22(34)33(23(35)36-21)18-5-7-32(37-30)8-6-18/h1-4,9-12,18,29,31H,5-8,13,30H2/b21-10-,29-12?. The van der Waals surface area contributed by atoms with Gasteiger partial charge in [-0.3, -0.25) is 19.6 Å². The molecule has 2 aromatic rings. The molecule has 0 saturated carbocycles. The highest BCUT2D eigenvalue weighted by atomic mass is 35.5. The number of anilines is 1. The molecule has 2 saturated heterocycles. The van der Waals surface area contributed by atoms with E-state index in [1.54, 1.807) is 24.3 Å². The number of piperidine rings is 1. The number of nitrogens with two attached hydrogens (primary N) is 1. The Morgan fingerprint density at radius 3 is 2.57 bits per heavy atom. The molecule has 2 fully saturated rings. The zero-order chi connectivity index (χ0) is 26.7. The summed E-state index contributed by atoms with van der Waals surface area (Å²) in [6.07, 6.45) is -0.594. The van der Waals surface area contributed by atoms with E-state index in [0.717, 1.165) is 36.2 Å². The second-order valence-corrected chi connectivity index (χ2v) is 10.6. The monoisotopic (exact) mass is 569 g/mol. The van der Waals surface area contributed by atoms with Gasteiger partial charge in [-0.1, -0.05) is 23.7 Å². The van der Waals surface area contributed by atoms with Crippen molar-refractivity contribution in [2.45, 2.75) is 31.6 Å². The van der Waals surface area contributed by atoms with Crippen molar-refractivity contribution >= 4 is 64.6 Å². The Morgan fingerprint density at radius 1 is 1.19 bits per heavy atom. The molecule has 37 heavy (non-hydrogen) atoms. The molecule has 7 nitrogen and oxygen atoms in total. The highest BCUT2D eigenvalue weighted by Crippen LogP contribution is 2.37. The fourth-order valence-electron chi connectivity index (χ4n) is 4.26. The number of thioether (sulfide) groups is 1. The summed E-state index contributed by atoms with van der Waals surface area (Å²) in [6, 6.07) is 8.33. The summed E-state index contributed by atoms with van der Waals surface area (Å²) < 4.78 is 42.2. The number of hydrogen-bond acceptors (Lipinski definition) is 8. The highest BCUT2D eigenvalue weighted by Gasteiger charge is 2.41. The van der Waals surface area contributed by atoms with Gasteiger partial charge in [-0.15, -0.1) is 0 Å². The number of nitrogens with zero attached hydrogens (tertiary/aromatic N) is 2. The number of carbonyl (C=O) groups excluding carboxylic acids is 2. The fourth-order valence-corrected chi connectivity index (χ4v) is 5.75. The van der Waals surface area contributed by atoms with Gasteiger partial charge in [0.1, 0.15) is 0 Å². The number of rotatable bonds is 7. The molecule has 0 aliphatic carbocycles. The third kappa shape index (κ3) is 6.32. The molecule has 2 aromatic carbocycles. The summed E-state index contributed by atoms with van der Waals surface area (Å²) in [5.41, 5.74) is 0.645. The molecule has 13 heteroatoms. The van der Waals surface area contributed by atoms with Crippen molar-refractivity contribution in [3.05, 3.63) is 68.6 Å². The number of amides is 2. The van der Waals surface area contributed by atoms with Crippen LogP contribution in [-0.2, 0) is 17.5 Å². The van der Waals surface area contributed by atoms with Crippen molar-refractivity contribution in [2.24, 2.45) is 5.14 Å². The lowest BCUT2D eigenvalue weighted by Crippen LogP contribution is -2.45.